The number of nitrogens with zero attached hydrogens (tertiary/aromatic N) is 4. The zero-order valence-corrected chi connectivity index (χ0v) is 12.9. The van der Waals surface area contributed by atoms with E-state index in [1.165, 1.54) is 17.0 Å². The number of hydrogen-bond donors (Lipinski definition) is 1. The van der Waals surface area contributed by atoms with Crippen LogP contribution in [0.4, 0.5) is 5.69 Å². The Balaban J connectivity index is 1.73. The maximum absolute atomic E-state index is 6.00. The van der Waals surface area contributed by atoms with Gasteiger partial charge in [0.1, 0.15) is 0 Å². The third-order valence-corrected chi connectivity index (χ3v) is 4.90. The van der Waals surface area contributed by atoms with Crippen LogP contribution in [0.2, 0.25) is 4.34 Å². The van der Waals surface area contributed by atoms with E-state index >= 15 is 0 Å². The number of thiophene rings is 1. The van der Waals surface area contributed by atoms with Crippen LogP contribution in [0.25, 0.3) is 16.3 Å². The molecule has 1 fully saturated rings. The van der Waals surface area contributed by atoms with E-state index in [4.69, 9.17) is 11.6 Å². The fraction of sp³-hybridized carbons (Fsp3) is 0.286. The maximum Gasteiger partial charge on any atom is 0.178 e. The van der Waals surface area contributed by atoms with E-state index in [1.54, 1.807) is 0 Å². The van der Waals surface area contributed by atoms with Crippen molar-refractivity contribution in [1.82, 2.24) is 19.9 Å². The number of fused-ring (bicyclic) bond motifs is 1. The smallest absolute Gasteiger partial charge is 0.178 e. The second-order valence-corrected chi connectivity index (χ2v) is 6.69. The molecule has 1 saturated heterocycles. The van der Waals surface area contributed by atoms with Crippen LogP contribution in [0.15, 0.2) is 30.5 Å². The van der Waals surface area contributed by atoms with Crippen molar-refractivity contribution in [2.45, 2.75) is 0 Å². The molecule has 3 aromatic rings. The summed E-state index contributed by atoms with van der Waals surface area (Å²) < 4.78 is 2.77. The minimum Gasteiger partial charge on any atom is -0.369 e. The molecule has 108 valence electrons. The highest BCUT2D eigenvalue weighted by atomic mass is 35.5. The summed E-state index contributed by atoms with van der Waals surface area (Å²) in [6.07, 6.45) is 2.04. The molecule has 0 bridgehead atoms. The normalized spacial score (nSPS) is 15.8. The molecule has 0 radical (unpaired) electrons. The Bertz CT molecular complexity index is 775. The van der Waals surface area contributed by atoms with Crippen LogP contribution < -0.4 is 10.2 Å². The summed E-state index contributed by atoms with van der Waals surface area (Å²) in [5.41, 5.74) is 2.07. The van der Waals surface area contributed by atoms with Gasteiger partial charge in [-0.15, -0.1) is 21.5 Å². The molecule has 0 amide bonds. The number of aromatic nitrogens is 3. The van der Waals surface area contributed by atoms with Gasteiger partial charge in [-0.1, -0.05) is 11.6 Å². The van der Waals surface area contributed by atoms with E-state index in [0.29, 0.717) is 0 Å². The Morgan fingerprint density at radius 2 is 2.00 bits per heavy atom. The van der Waals surface area contributed by atoms with E-state index in [9.17, 15) is 0 Å². The molecule has 3 aromatic heterocycles. The van der Waals surface area contributed by atoms with Crippen LogP contribution in [0.5, 0.6) is 0 Å². The standard InChI is InChI=1S/C14H14ClN5S/c15-12-2-1-11(21-12)14-18-17-13-9-10(3-6-20(13)14)19-7-4-16-5-8-19/h1-3,6,9,16H,4-5,7-8H2. The number of rotatable bonds is 2. The molecule has 0 unspecified atom stereocenters. The summed E-state index contributed by atoms with van der Waals surface area (Å²) in [6.45, 7) is 4.10. The minimum absolute atomic E-state index is 0.763. The van der Waals surface area contributed by atoms with Gasteiger partial charge in [-0.25, -0.2) is 0 Å². The molecule has 0 aliphatic carbocycles. The Hall–Kier alpha value is -1.63. The number of anilines is 1. The number of hydrogen-bond acceptors (Lipinski definition) is 5. The summed E-state index contributed by atoms with van der Waals surface area (Å²) in [7, 11) is 0. The van der Waals surface area contributed by atoms with Gasteiger partial charge in [0.2, 0.25) is 0 Å². The lowest BCUT2D eigenvalue weighted by atomic mass is 10.3. The highest BCUT2D eigenvalue weighted by Gasteiger charge is 2.14. The molecule has 7 heteroatoms. The third kappa shape index (κ3) is 2.39. The molecule has 21 heavy (non-hydrogen) atoms. The fourth-order valence-electron chi connectivity index (χ4n) is 2.60. The zero-order valence-electron chi connectivity index (χ0n) is 11.3. The molecular weight excluding hydrogens is 306 g/mol. The van der Waals surface area contributed by atoms with Crippen LogP contribution in [0.1, 0.15) is 0 Å². The minimum atomic E-state index is 0.763. The second-order valence-electron chi connectivity index (χ2n) is 4.98. The number of pyridine rings is 1. The van der Waals surface area contributed by atoms with Gasteiger partial charge in [-0.2, -0.15) is 0 Å². The average Bonchev–Trinajstić information content (AvgIpc) is 3.13. The predicted octanol–water partition coefficient (Wildman–Crippen LogP) is 2.52. The Morgan fingerprint density at radius 1 is 1.14 bits per heavy atom. The lowest BCUT2D eigenvalue weighted by Crippen LogP contribution is -2.43. The lowest BCUT2D eigenvalue weighted by Gasteiger charge is -2.29. The fourth-order valence-corrected chi connectivity index (χ4v) is 3.63. The summed E-state index contributed by atoms with van der Waals surface area (Å²) >= 11 is 7.52. The van der Waals surface area contributed by atoms with Crippen molar-refractivity contribution in [3.63, 3.8) is 0 Å². The van der Waals surface area contributed by atoms with Crippen LogP contribution in [0, 0.1) is 0 Å². The molecule has 4 rings (SSSR count). The van der Waals surface area contributed by atoms with Crippen LogP contribution in [0.3, 0.4) is 0 Å². The first-order valence-electron chi connectivity index (χ1n) is 6.87. The molecular formula is C14H14ClN5S. The van der Waals surface area contributed by atoms with Crippen LogP contribution >= 0.6 is 22.9 Å². The molecule has 0 spiro atoms. The second kappa shape index (κ2) is 5.29. The topological polar surface area (TPSA) is 45.5 Å². The quantitative estimate of drug-likeness (QED) is 0.788. The molecule has 5 nitrogen and oxygen atoms in total. The summed E-state index contributed by atoms with van der Waals surface area (Å²) in [5, 5.41) is 12.0. The van der Waals surface area contributed by atoms with Gasteiger partial charge in [0.25, 0.3) is 0 Å². The molecule has 0 saturated carbocycles. The number of piperazine rings is 1. The number of halogens is 1. The van der Waals surface area contributed by atoms with Crippen molar-refractivity contribution in [2.24, 2.45) is 0 Å². The molecule has 0 aromatic carbocycles. The molecule has 0 atom stereocenters. The Morgan fingerprint density at radius 3 is 2.76 bits per heavy atom. The van der Waals surface area contributed by atoms with Gasteiger partial charge in [-0.05, 0) is 18.2 Å². The van der Waals surface area contributed by atoms with E-state index in [0.717, 1.165) is 46.9 Å². The van der Waals surface area contributed by atoms with E-state index < -0.39 is 0 Å². The van der Waals surface area contributed by atoms with E-state index in [1.807, 2.05) is 22.7 Å². The van der Waals surface area contributed by atoms with Crippen LogP contribution in [-0.4, -0.2) is 40.8 Å². The summed E-state index contributed by atoms with van der Waals surface area (Å²) in [4.78, 5) is 3.40. The van der Waals surface area contributed by atoms with Gasteiger partial charge < -0.3 is 10.2 Å². The van der Waals surface area contributed by atoms with Gasteiger partial charge in [0, 0.05) is 44.1 Å². The zero-order chi connectivity index (χ0) is 14.2. The summed E-state index contributed by atoms with van der Waals surface area (Å²) in [6, 6.07) is 8.09. The van der Waals surface area contributed by atoms with Crippen LogP contribution in [-0.2, 0) is 0 Å². The van der Waals surface area contributed by atoms with Crippen molar-refractivity contribution in [3.8, 4) is 10.7 Å². The van der Waals surface area contributed by atoms with E-state index in [2.05, 4.69) is 32.5 Å². The van der Waals surface area contributed by atoms with Crippen molar-refractivity contribution >= 4 is 34.3 Å². The predicted molar refractivity (Wildman–Crippen MR) is 86.4 cm³/mol. The molecule has 1 aliphatic heterocycles. The molecule has 4 heterocycles. The van der Waals surface area contributed by atoms with Gasteiger partial charge in [-0.3, -0.25) is 4.40 Å². The first-order valence-corrected chi connectivity index (χ1v) is 8.07. The Labute approximate surface area is 131 Å². The van der Waals surface area contributed by atoms with Crippen molar-refractivity contribution < 1.29 is 0 Å². The highest BCUT2D eigenvalue weighted by molar-refractivity contribution is 7.19. The highest BCUT2D eigenvalue weighted by Crippen LogP contribution is 2.30. The van der Waals surface area contributed by atoms with Gasteiger partial charge >= 0.3 is 0 Å². The largest absolute Gasteiger partial charge is 0.369 e. The Kier molecular flexibility index (Phi) is 3.29. The molecule has 1 aliphatic rings. The maximum atomic E-state index is 6.00. The number of nitrogens with one attached hydrogen (secondary N) is 1. The average molecular weight is 320 g/mol. The SMILES string of the molecule is Clc1ccc(-c2nnc3cc(N4CCNCC4)ccn23)s1. The lowest BCUT2D eigenvalue weighted by molar-refractivity contribution is 0.589. The summed E-state index contributed by atoms with van der Waals surface area (Å²) in [5.74, 6) is 0.841. The third-order valence-electron chi connectivity index (χ3n) is 3.67. The van der Waals surface area contributed by atoms with Gasteiger partial charge in [0.15, 0.2) is 11.5 Å². The van der Waals surface area contributed by atoms with Crippen molar-refractivity contribution in [1.29, 1.82) is 0 Å². The molecule has 1 N–H and O–H groups in total. The van der Waals surface area contributed by atoms with Gasteiger partial charge in [0.05, 0.1) is 9.21 Å². The monoisotopic (exact) mass is 319 g/mol. The van der Waals surface area contributed by atoms with Crippen molar-refractivity contribution in [3.05, 3.63) is 34.8 Å². The van der Waals surface area contributed by atoms with Crippen molar-refractivity contribution in [2.75, 3.05) is 31.1 Å². The van der Waals surface area contributed by atoms with E-state index in [-0.39, 0.29) is 0 Å². The first-order chi connectivity index (χ1) is 10.3. The first kappa shape index (κ1) is 13.1.